The molecule has 1 N–H and O–H groups in total. The van der Waals surface area contributed by atoms with E-state index in [0.29, 0.717) is 23.7 Å². The van der Waals surface area contributed by atoms with Crippen LogP contribution in [0.25, 0.3) is 0 Å². The van der Waals surface area contributed by atoms with Crippen molar-refractivity contribution in [1.82, 2.24) is 4.90 Å². The van der Waals surface area contributed by atoms with Gasteiger partial charge in [0.1, 0.15) is 6.54 Å². The van der Waals surface area contributed by atoms with E-state index in [0.717, 1.165) is 12.0 Å². The fourth-order valence-corrected chi connectivity index (χ4v) is 2.45. The minimum atomic E-state index is -0.960. The van der Waals surface area contributed by atoms with E-state index in [1.807, 2.05) is 6.92 Å². The number of aryl methyl sites for hydroxylation is 1. The summed E-state index contributed by atoms with van der Waals surface area (Å²) in [5, 5.41) is 3.18. The van der Waals surface area contributed by atoms with Crippen molar-refractivity contribution in [3.05, 3.63) is 28.8 Å². The van der Waals surface area contributed by atoms with Gasteiger partial charge in [-0.25, -0.2) is 0 Å². The number of carbonyl (C=O) groups excluding carboxylic acids is 3. The second-order valence-corrected chi connectivity index (χ2v) is 5.94. The van der Waals surface area contributed by atoms with Crippen LogP contribution in [-0.2, 0) is 19.1 Å². The highest BCUT2D eigenvalue weighted by atomic mass is 35.5. The molecule has 1 fully saturated rings. The Kier molecular flexibility index (Phi) is 5.60. The molecule has 0 aliphatic carbocycles. The number of carbonyl (C=O) groups is 3. The largest absolute Gasteiger partial charge is 0.451 e. The van der Waals surface area contributed by atoms with Crippen LogP contribution in [0.4, 0.5) is 5.69 Å². The van der Waals surface area contributed by atoms with Crippen molar-refractivity contribution < 1.29 is 19.1 Å². The van der Waals surface area contributed by atoms with E-state index in [-0.39, 0.29) is 12.5 Å². The first-order valence-corrected chi connectivity index (χ1v) is 7.79. The summed E-state index contributed by atoms with van der Waals surface area (Å²) in [7, 11) is 0. The predicted molar refractivity (Wildman–Crippen MR) is 86.2 cm³/mol. The Morgan fingerprint density at radius 2 is 2.17 bits per heavy atom. The normalized spacial score (nSPS) is 15.4. The van der Waals surface area contributed by atoms with Crippen LogP contribution in [0.3, 0.4) is 0 Å². The van der Waals surface area contributed by atoms with Gasteiger partial charge in [-0.1, -0.05) is 17.7 Å². The van der Waals surface area contributed by atoms with E-state index in [1.54, 1.807) is 18.2 Å². The molecule has 1 aromatic carbocycles. The van der Waals surface area contributed by atoms with Crippen molar-refractivity contribution in [2.24, 2.45) is 0 Å². The van der Waals surface area contributed by atoms with Crippen LogP contribution < -0.4 is 5.32 Å². The van der Waals surface area contributed by atoms with E-state index in [4.69, 9.17) is 16.3 Å². The summed E-state index contributed by atoms with van der Waals surface area (Å²) in [6, 6.07) is 5.14. The topological polar surface area (TPSA) is 75.7 Å². The van der Waals surface area contributed by atoms with E-state index in [1.165, 1.54) is 11.8 Å². The van der Waals surface area contributed by atoms with Crippen LogP contribution in [0.5, 0.6) is 0 Å². The van der Waals surface area contributed by atoms with Crippen molar-refractivity contribution in [1.29, 1.82) is 0 Å². The average Bonchev–Trinajstić information content (AvgIpc) is 2.88. The van der Waals surface area contributed by atoms with Crippen molar-refractivity contribution in [2.45, 2.75) is 32.8 Å². The lowest BCUT2D eigenvalue weighted by Gasteiger charge is -2.18. The number of hydrogen-bond donors (Lipinski definition) is 1. The lowest BCUT2D eigenvalue weighted by atomic mass is 10.2. The Hall–Kier alpha value is -2.08. The van der Waals surface area contributed by atoms with Crippen LogP contribution in [0, 0.1) is 6.92 Å². The van der Waals surface area contributed by atoms with E-state index in [2.05, 4.69) is 5.32 Å². The second-order valence-electron chi connectivity index (χ2n) is 5.50. The molecule has 0 aromatic heterocycles. The van der Waals surface area contributed by atoms with Crippen molar-refractivity contribution >= 4 is 35.1 Å². The molecule has 23 heavy (non-hydrogen) atoms. The summed E-state index contributed by atoms with van der Waals surface area (Å²) < 4.78 is 5.09. The fourth-order valence-electron chi connectivity index (χ4n) is 2.28. The molecule has 0 saturated carbocycles. The summed E-state index contributed by atoms with van der Waals surface area (Å²) in [5.74, 6) is -1.10. The third-order valence-corrected chi connectivity index (χ3v) is 3.86. The third kappa shape index (κ3) is 4.69. The molecular formula is C16H19ClN2O4. The first-order valence-electron chi connectivity index (χ1n) is 7.41. The lowest BCUT2D eigenvalue weighted by Crippen LogP contribution is -2.36. The number of nitrogens with zero attached hydrogens (tertiary/aromatic N) is 1. The highest BCUT2D eigenvalue weighted by molar-refractivity contribution is 6.31. The number of amides is 2. The zero-order chi connectivity index (χ0) is 17.0. The van der Waals surface area contributed by atoms with Gasteiger partial charge in [-0.2, -0.15) is 0 Å². The Morgan fingerprint density at radius 1 is 1.43 bits per heavy atom. The lowest BCUT2D eigenvalue weighted by molar-refractivity contribution is -0.155. The Bertz CT molecular complexity index is 633. The van der Waals surface area contributed by atoms with Crippen LogP contribution in [0.2, 0.25) is 5.02 Å². The molecule has 0 radical (unpaired) electrons. The third-order valence-electron chi connectivity index (χ3n) is 3.63. The standard InChI is InChI=1S/C16H19ClN2O4/c1-10-5-6-12(17)8-13(10)18-16(22)11(2)23-15(21)9-19-7-3-4-14(19)20/h5-6,8,11H,3-4,7,9H2,1-2H3,(H,18,22)/t11-/m0/s1. The summed E-state index contributed by atoms with van der Waals surface area (Å²) in [5.41, 5.74) is 1.42. The molecule has 1 heterocycles. The highest BCUT2D eigenvalue weighted by Gasteiger charge is 2.25. The Morgan fingerprint density at radius 3 is 2.83 bits per heavy atom. The number of hydrogen-bond acceptors (Lipinski definition) is 4. The minimum Gasteiger partial charge on any atom is -0.451 e. The number of benzene rings is 1. The van der Waals surface area contributed by atoms with Crippen molar-refractivity contribution in [3.63, 3.8) is 0 Å². The zero-order valence-electron chi connectivity index (χ0n) is 13.1. The summed E-state index contributed by atoms with van der Waals surface area (Å²) in [6.45, 7) is 3.75. The Balaban J connectivity index is 1.88. The Labute approximate surface area is 139 Å². The highest BCUT2D eigenvalue weighted by Crippen LogP contribution is 2.20. The molecule has 124 valence electrons. The minimum absolute atomic E-state index is 0.0615. The number of anilines is 1. The van der Waals surface area contributed by atoms with Crippen molar-refractivity contribution in [2.75, 3.05) is 18.4 Å². The van der Waals surface area contributed by atoms with Gasteiger partial charge in [-0.3, -0.25) is 14.4 Å². The predicted octanol–water partition coefficient (Wildman–Crippen LogP) is 2.14. The number of ether oxygens (including phenoxy) is 1. The molecule has 1 aliphatic rings. The van der Waals surface area contributed by atoms with Crippen LogP contribution >= 0.6 is 11.6 Å². The first-order chi connectivity index (χ1) is 10.9. The molecule has 0 bridgehead atoms. The van der Waals surface area contributed by atoms with Gasteiger partial charge in [0.05, 0.1) is 0 Å². The summed E-state index contributed by atoms with van der Waals surface area (Å²) in [4.78, 5) is 36.8. The molecule has 0 unspecified atom stereocenters. The summed E-state index contributed by atoms with van der Waals surface area (Å²) in [6.07, 6.45) is 0.242. The van der Waals surface area contributed by atoms with Gasteiger partial charge in [-0.15, -0.1) is 0 Å². The summed E-state index contributed by atoms with van der Waals surface area (Å²) >= 11 is 5.90. The van der Waals surface area contributed by atoms with E-state index >= 15 is 0 Å². The van der Waals surface area contributed by atoms with Gasteiger partial charge in [0.15, 0.2) is 6.10 Å². The molecular weight excluding hydrogens is 320 g/mol. The van der Waals surface area contributed by atoms with Gasteiger partial charge in [0.2, 0.25) is 5.91 Å². The van der Waals surface area contributed by atoms with E-state index < -0.39 is 18.0 Å². The maximum atomic E-state index is 12.1. The van der Waals surface area contributed by atoms with Gasteiger partial charge in [0, 0.05) is 23.7 Å². The second kappa shape index (κ2) is 7.46. The SMILES string of the molecule is Cc1ccc(Cl)cc1NC(=O)[C@H](C)OC(=O)CN1CCCC1=O. The molecule has 2 amide bonds. The van der Waals surface area contributed by atoms with Crippen LogP contribution in [-0.4, -0.2) is 41.9 Å². The monoisotopic (exact) mass is 338 g/mol. The number of esters is 1. The van der Waals surface area contributed by atoms with Gasteiger partial charge in [0.25, 0.3) is 5.91 Å². The first kappa shape index (κ1) is 17.3. The molecule has 6 nitrogen and oxygen atoms in total. The number of halogens is 1. The van der Waals surface area contributed by atoms with Gasteiger partial charge >= 0.3 is 5.97 Å². The maximum Gasteiger partial charge on any atom is 0.326 e. The number of likely N-dealkylation sites (tertiary alicyclic amines) is 1. The fraction of sp³-hybridized carbons (Fsp3) is 0.438. The van der Waals surface area contributed by atoms with Gasteiger partial charge in [-0.05, 0) is 38.0 Å². The molecule has 1 aromatic rings. The molecule has 0 spiro atoms. The number of nitrogens with one attached hydrogen (secondary N) is 1. The van der Waals surface area contributed by atoms with Crippen LogP contribution in [0.1, 0.15) is 25.3 Å². The zero-order valence-corrected chi connectivity index (χ0v) is 13.9. The molecule has 1 aliphatic heterocycles. The molecule has 2 rings (SSSR count). The van der Waals surface area contributed by atoms with E-state index in [9.17, 15) is 14.4 Å². The maximum absolute atomic E-state index is 12.1. The quantitative estimate of drug-likeness (QED) is 0.835. The van der Waals surface area contributed by atoms with Crippen molar-refractivity contribution in [3.8, 4) is 0 Å². The average molecular weight is 339 g/mol. The molecule has 1 saturated heterocycles. The smallest absolute Gasteiger partial charge is 0.326 e. The number of rotatable bonds is 5. The van der Waals surface area contributed by atoms with Crippen LogP contribution in [0.15, 0.2) is 18.2 Å². The van der Waals surface area contributed by atoms with Gasteiger partial charge < -0.3 is 15.0 Å². The molecule has 1 atom stereocenters. The molecule has 7 heteroatoms.